The van der Waals surface area contributed by atoms with Crippen LogP contribution in [0.15, 0.2) is 0 Å². The van der Waals surface area contributed by atoms with Crippen molar-refractivity contribution in [3.05, 3.63) is 0 Å². The maximum absolute atomic E-state index is 11.6. The van der Waals surface area contributed by atoms with Gasteiger partial charge in [-0.1, -0.05) is 33.1 Å². The Morgan fingerprint density at radius 3 is 2.79 bits per heavy atom. The molecule has 0 heterocycles. The van der Waals surface area contributed by atoms with Crippen molar-refractivity contribution < 1.29 is 14.3 Å². The standard InChI is InChI=1S/C15H29NO3/c1-4-6-7-12(5-2)11-19-13-8-9-15(16,10-13)14(17)18-3/h12-13H,4-11,16H2,1-3H3. The number of rotatable bonds is 8. The van der Waals surface area contributed by atoms with Crippen molar-refractivity contribution in [3.63, 3.8) is 0 Å². The molecule has 2 N–H and O–H groups in total. The van der Waals surface area contributed by atoms with Crippen LogP contribution in [0.1, 0.15) is 58.8 Å². The molecule has 0 saturated heterocycles. The lowest BCUT2D eigenvalue weighted by Crippen LogP contribution is -2.46. The van der Waals surface area contributed by atoms with Gasteiger partial charge in [0.05, 0.1) is 13.2 Å². The van der Waals surface area contributed by atoms with Crippen molar-refractivity contribution in [2.24, 2.45) is 11.7 Å². The molecule has 3 unspecified atom stereocenters. The van der Waals surface area contributed by atoms with Crippen molar-refractivity contribution >= 4 is 5.97 Å². The second-order valence-corrected chi connectivity index (χ2v) is 5.76. The Kier molecular flexibility index (Phi) is 6.80. The van der Waals surface area contributed by atoms with Crippen LogP contribution in [0, 0.1) is 5.92 Å². The average Bonchev–Trinajstić information content (AvgIpc) is 2.81. The van der Waals surface area contributed by atoms with Crippen LogP contribution < -0.4 is 5.73 Å². The first-order chi connectivity index (χ1) is 9.05. The first-order valence-corrected chi connectivity index (χ1v) is 7.54. The van der Waals surface area contributed by atoms with Gasteiger partial charge in [0.15, 0.2) is 0 Å². The average molecular weight is 271 g/mol. The molecule has 112 valence electrons. The van der Waals surface area contributed by atoms with Crippen molar-refractivity contribution in [2.45, 2.75) is 70.4 Å². The first kappa shape index (κ1) is 16.4. The van der Waals surface area contributed by atoms with Crippen molar-refractivity contribution in [1.29, 1.82) is 0 Å². The molecular formula is C15H29NO3. The molecule has 0 aromatic heterocycles. The van der Waals surface area contributed by atoms with Crippen LogP contribution in [-0.2, 0) is 14.3 Å². The maximum atomic E-state index is 11.6. The Labute approximate surface area is 117 Å². The summed E-state index contributed by atoms with van der Waals surface area (Å²) in [7, 11) is 1.39. The molecule has 0 amide bonds. The monoisotopic (exact) mass is 271 g/mol. The molecular weight excluding hydrogens is 242 g/mol. The molecule has 0 aliphatic heterocycles. The molecule has 1 rings (SSSR count). The zero-order valence-corrected chi connectivity index (χ0v) is 12.6. The van der Waals surface area contributed by atoms with Gasteiger partial charge in [0.25, 0.3) is 0 Å². The highest BCUT2D eigenvalue weighted by Crippen LogP contribution is 2.31. The Bertz CT molecular complexity index is 283. The van der Waals surface area contributed by atoms with E-state index in [1.807, 2.05) is 0 Å². The molecule has 4 heteroatoms. The number of ether oxygens (including phenoxy) is 2. The second kappa shape index (κ2) is 7.85. The molecule has 0 radical (unpaired) electrons. The lowest BCUT2D eigenvalue weighted by molar-refractivity contribution is -0.147. The predicted octanol–water partition coefficient (Wildman–Crippen LogP) is 2.64. The summed E-state index contributed by atoms with van der Waals surface area (Å²) >= 11 is 0. The fourth-order valence-electron chi connectivity index (χ4n) is 2.73. The van der Waals surface area contributed by atoms with E-state index in [1.54, 1.807) is 0 Å². The molecule has 3 atom stereocenters. The summed E-state index contributed by atoms with van der Waals surface area (Å²) in [5, 5.41) is 0. The Morgan fingerprint density at radius 1 is 1.47 bits per heavy atom. The summed E-state index contributed by atoms with van der Waals surface area (Å²) in [4.78, 5) is 11.6. The highest BCUT2D eigenvalue weighted by Gasteiger charge is 2.43. The topological polar surface area (TPSA) is 61.5 Å². The molecule has 1 aliphatic rings. The van der Waals surface area contributed by atoms with E-state index >= 15 is 0 Å². The van der Waals surface area contributed by atoms with Crippen molar-refractivity contribution in [3.8, 4) is 0 Å². The number of carbonyl (C=O) groups excluding carboxylic acids is 1. The number of nitrogens with two attached hydrogens (primary N) is 1. The molecule has 19 heavy (non-hydrogen) atoms. The van der Waals surface area contributed by atoms with Crippen LogP contribution in [0.2, 0.25) is 0 Å². The van der Waals surface area contributed by atoms with Gasteiger partial charge in [-0.2, -0.15) is 0 Å². The molecule has 1 aliphatic carbocycles. The molecule has 0 aromatic rings. The highest BCUT2D eigenvalue weighted by atomic mass is 16.5. The van der Waals surface area contributed by atoms with Gasteiger partial charge in [0, 0.05) is 13.0 Å². The Hall–Kier alpha value is -0.610. The largest absolute Gasteiger partial charge is 0.468 e. The van der Waals surface area contributed by atoms with Crippen LogP contribution in [-0.4, -0.2) is 31.3 Å². The van der Waals surface area contributed by atoms with Gasteiger partial charge < -0.3 is 15.2 Å². The predicted molar refractivity (Wildman–Crippen MR) is 75.8 cm³/mol. The summed E-state index contributed by atoms with van der Waals surface area (Å²) in [5.74, 6) is 0.322. The molecule has 4 nitrogen and oxygen atoms in total. The lowest BCUT2D eigenvalue weighted by atomic mass is 9.99. The van der Waals surface area contributed by atoms with Crippen LogP contribution in [0.25, 0.3) is 0 Å². The summed E-state index contributed by atoms with van der Waals surface area (Å²) in [6.07, 6.45) is 7.08. The van der Waals surface area contributed by atoms with Crippen LogP contribution >= 0.6 is 0 Å². The number of esters is 1. The smallest absolute Gasteiger partial charge is 0.325 e. The number of carbonyl (C=O) groups is 1. The first-order valence-electron chi connectivity index (χ1n) is 7.54. The normalized spacial score (nSPS) is 28.3. The number of methoxy groups -OCH3 is 1. The maximum Gasteiger partial charge on any atom is 0.325 e. The summed E-state index contributed by atoms with van der Waals surface area (Å²) in [6, 6.07) is 0. The van der Waals surface area contributed by atoms with E-state index in [-0.39, 0.29) is 12.1 Å². The molecule has 1 saturated carbocycles. The fourth-order valence-corrected chi connectivity index (χ4v) is 2.73. The SMILES string of the molecule is CCCCC(CC)COC1CCC(N)(C(=O)OC)C1. The fraction of sp³-hybridized carbons (Fsp3) is 0.933. The summed E-state index contributed by atoms with van der Waals surface area (Å²) < 4.78 is 10.7. The van der Waals surface area contributed by atoms with Gasteiger partial charge in [0.2, 0.25) is 0 Å². The van der Waals surface area contributed by atoms with E-state index in [2.05, 4.69) is 13.8 Å². The van der Waals surface area contributed by atoms with Gasteiger partial charge in [-0.3, -0.25) is 4.79 Å². The third-order valence-corrected chi connectivity index (χ3v) is 4.21. The minimum atomic E-state index is -0.829. The number of unbranched alkanes of at least 4 members (excludes halogenated alkanes) is 1. The van der Waals surface area contributed by atoms with Gasteiger partial charge in [0.1, 0.15) is 5.54 Å². The Balaban J connectivity index is 2.33. The quantitative estimate of drug-likeness (QED) is 0.689. The van der Waals surface area contributed by atoms with E-state index in [1.165, 1.54) is 26.4 Å². The summed E-state index contributed by atoms with van der Waals surface area (Å²) in [5.41, 5.74) is 5.24. The minimum Gasteiger partial charge on any atom is -0.468 e. The molecule has 0 spiro atoms. The van der Waals surface area contributed by atoms with E-state index in [0.717, 1.165) is 19.4 Å². The van der Waals surface area contributed by atoms with Crippen molar-refractivity contribution in [1.82, 2.24) is 0 Å². The van der Waals surface area contributed by atoms with E-state index < -0.39 is 5.54 Å². The van der Waals surface area contributed by atoms with Crippen LogP contribution in [0.3, 0.4) is 0 Å². The molecule has 1 fully saturated rings. The van der Waals surface area contributed by atoms with Crippen LogP contribution in [0.4, 0.5) is 0 Å². The molecule has 0 bridgehead atoms. The third-order valence-electron chi connectivity index (χ3n) is 4.21. The van der Waals surface area contributed by atoms with Gasteiger partial charge >= 0.3 is 5.97 Å². The minimum absolute atomic E-state index is 0.111. The van der Waals surface area contributed by atoms with Crippen LogP contribution in [0.5, 0.6) is 0 Å². The lowest BCUT2D eigenvalue weighted by Gasteiger charge is -2.22. The second-order valence-electron chi connectivity index (χ2n) is 5.76. The van der Waals surface area contributed by atoms with E-state index in [9.17, 15) is 4.79 Å². The zero-order chi connectivity index (χ0) is 14.3. The molecule has 0 aromatic carbocycles. The van der Waals surface area contributed by atoms with Gasteiger partial charge in [-0.25, -0.2) is 0 Å². The third kappa shape index (κ3) is 4.77. The zero-order valence-electron chi connectivity index (χ0n) is 12.6. The van der Waals surface area contributed by atoms with Crippen molar-refractivity contribution in [2.75, 3.05) is 13.7 Å². The van der Waals surface area contributed by atoms with E-state index in [0.29, 0.717) is 18.8 Å². The number of hydrogen-bond acceptors (Lipinski definition) is 4. The van der Waals surface area contributed by atoms with Gasteiger partial charge in [-0.05, 0) is 25.2 Å². The highest BCUT2D eigenvalue weighted by molar-refractivity contribution is 5.80. The number of hydrogen-bond donors (Lipinski definition) is 1. The van der Waals surface area contributed by atoms with Gasteiger partial charge in [-0.15, -0.1) is 0 Å². The summed E-state index contributed by atoms with van der Waals surface area (Å²) in [6.45, 7) is 5.21. The Morgan fingerprint density at radius 2 is 2.21 bits per heavy atom. The van der Waals surface area contributed by atoms with E-state index in [4.69, 9.17) is 15.2 Å².